The van der Waals surface area contributed by atoms with Crippen molar-refractivity contribution in [2.45, 2.75) is 57.3 Å². The number of amides is 4. The number of rotatable bonds is 5. The van der Waals surface area contributed by atoms with E-state index in [2.05, 4.69) is 32.8 Å². The maximum atomic E-state index is 12.9. The number of carbonyl (C=O) groups is 4. The molecule has 1 aliphatic carbocycles. The van der Waals surface area contributed by atoms with Gasteiger partial charge in [0, 0.05) is 43.7 Å². The zero-order valence-electron chi connectivity index (χ0n) is 19.4. The quantitative estimate of drug-likeness (QED) is 0.590. The number of fused-ring (bicyclic) bond motifs is 1. The highest BCUT2D eigenvalue weighted by Gasteiger charge is 2.40. The molecule has 1 aromatic heterocycles. The number of hydrogen-bond acceptors (Lipinski definition) is 7. The molecule has 1 saturated carbocycles. The zero-order chi connectivity index (χ0) is 24.3. The monoisotopic (exact) mass is 477 g/mol. The van der Waals surface area contributed by atoms with Crippen molar-refractivity contribution in [1.82, 2.24) is 35.4 Å². The Labute approximate surface area is 201 Å². The molecule has 3 unspecified atom stereocenters. The zero-order valence-corrected chi connectivity index (χ0v) is 19.4. The van der Waals surface area contributed by atoms with Crippen molar-refractivity contribution in [3.05, 3.63) is 41.2 Å². The number of hydrogen-bond donors (Lipinski definition) is 2. The maximum absolute atomic E-state index is 12.9. The van der Waals surface area contributed by atoms with Crippen molar-refractivity contribution in [2.75, 3.05) is 13.1 Å². The maximum Gasteiger partial charge on any atom is 0.273 e. The molecule has 3 fully saturated rings. The molecule has 2 saturated heterocycles. The smallest absolute Gasteiger partial charge is 0.273 e. The second-order valence-corrected chi connectivity index (χ2v) is 10.0. The van der Waals surface area contributed by atoms with Crippen LogP contribution in [0.15, 0.2) is 24.4 Å². The van der Waals surface area contributed by atoms with Gasteiger partial charge in [0.1, 0.15) is 6.04 Å². The fourth-order valence-corrected chi connectivity index (χ4v) is 5.37. The van der Waals surface area contributed by atoms with Gasteiger partial charge in [-0.3, -0.25) is 29.4 Å². The van der Waals surface area contributed by atoms with Crippen molar-refractivity contribution >= 4 is 23.6 Å². The highest BCUT2D eigenvalue weighted by atomic mass is 16.2. The average molecular weight is 478 g/mol. The molecule has 2 N–H and O–H groups in total. The molecular formula is C24H27N7O4. The minimum Gasteiger partial charge on any atom is -0.346 e. The molecule has 3 aliphatic heterocycles. The van der Waals surface area contributed by atoms with Crippen LogP contribution >= 0.6 is 0 Å². The van der Waals surface area contributed by atoms with Crippen molar-refractivity contribution in [3.8, 4) is 5.69 Å². The molecule has 182 valence electrons. The average Bonchev–Trinajstić information content (AvgIpc) is 3.31. The molecule has 2 aromatic rings. The van der Waals surface area contributed by atoms with E-state index in [-0.39, 0.29) is 42.4 Å². The van der Waals surface area contributed by atoms with E-state index in [9.17, 15) is 19.2 Å². The number of piperidine rings is 1. The van der Waals surface area contributed by atoms with Crippen LogP contribution in [0.4, 0.5) is 0 Å². The highest BCUT2D eigenvalue weighted by Crippen LogP contribution is 2.32. The van der Waals surface area contributed by atoms with Crippen LogP contribution in [-0.4, -0.2) is 79.6 Å². The lowest BCUT2D eigenvalue weighted by atomic mass is 10.0. The van der Waals surface area contributed by atoms with Crippen molar-refractivity contribution in [1.29, 1.82) is 0 Å². The van der Waals surface area contributed by atoms with Gasteiger partial charge in [-0.05, 0) is 48.9 Å². The number of likely N-dealkylation sites (tertiary alicyclic amines) is 1. The predicted molar refractivity (Wildman–Crippen MR) is 122 cm³/mol. The van der Waals surface area contributed by atoms with Crippen LogP contribution in [0.25, 0.3) is 5.69 Å². The standard InChI is InChI=1S/C24H27N7O4/c1-13-9-29(15-2-3-15)11-18(13)25-22(33)19-12-31(28-27-19)16-4-5-17-14(8-16)10-30(24(17)35)20-6-7-21(32)26-23(20)34/h4-5,8,12-13,15,18,20H,2-3,6-7,9-11H2,1H3,(H,25,33)(H,26,32,34). The van der Waals surface area contributed by atoms with E-state index in [1.807, 2.05) is 6.07 Å². The van der Waals surface area contributed by atoms with Crippen molar-refractivity contribution < 1.29 is 19.2 Å². The molecule has 3 atom stereocenters. The molecule has 6 rings (SSSR count). The van der Waals surface area contributed by atoms with Crippen LogP contribution in [0.1, 0.15) is 59.0 Å². The summed E-state index contributed by atoms with van der Waals surface area (Å²) < 4.78 is 1.52. The third kappa shape index (κ3) is 3.99. The summed E-state index contributed by atoms with van der Waals surface area (Å²) in [7, 11) is 0. The predicted octanol–water partition coefficient (Wildman–Crippen LogP) is 0.241. The first kappa shape index (κ1) is 21.9. The first-order valence-corrected chi connectivity index (χ1v) is 12.1. The topological polar surface area (TPSA) is 130 Å². The Hall–Kier alpha value is -3.60. The first-order chi connectivity index (χ1) is 16.9. The summed E-state index contributed by atoms with van der Waals surface area (Å²) >= 11 is 0. The number of nitrogens with one attached hydrogen (secondary N) is 2. The van der Waals surface area contributed by atoms with Gasteiger partial charge in [0.2, 0.25) is 11.8 Å². The Morgan fingerprint density at radius 3 is 2.74 bits per heavy atom. The molecule has 1 aromatic carbocycles. The summed E-state index contributed by atoms with van der Waals surface area (Å²) in [5.74, 6) is -0.842. The third-order valence-corrected chi connectivity index (χ3v) is 7.52. The van der Waals surface area contributed by atoms with Crippen LogP contribution in [0.2, 0.25) is 0 Å². The molecular weight excluding hydrogens is 450 g/mol. The highest BCUT2D eigenvalue weighted by molar-refractivity contribution is 6.05. The van der Waals surface area contributed by atoms with E-state index in [4.69, 9.17) is 0 Å². The molecule has 4 amide bonds. The van der Waals surface area contributed by atoms with E-state index < -0.39 is 11.9 Å². The molecule has 11 heteroatoms. The molecule has 11 nitrogen and oxygen atoms in total. The first-order valence-electron chi connectivity index (χ1n) is 12.1. The summed E-state index contributed by atoms with van der Waals surface area (Å²) in [5.41, 5.74) is 2.19. The van der Waals surface area contributed by atoms with Gasteiger partial charge in [0.25, 0.3) is 11.8 Å². The Kier molecular flexibility index (Phi) is 5.17. The van der Waals surface area contributed by atoms with E-state index in [0.29, 0.717) is 29.6 Å². The summed E-state index contributed by atoms with van der Waals surface area (Å²) in [6.45, 7) is 4.31. The van der Waals surface area contributed by atoms with Crippen molar-refractivity contribution in [3.63, 3.8) is 0 Å². The van der Waals surface area contributed by atoms with Crippen LogP contribution < -0.4 is 10.6 Å². The van der Waals surface area contributed by atoms with Gasteiger partial charge >= 0.3 is 0 Å². The van der Waals surface area contributed by atoms with Gasteiger partial charge in [-0.25, -0.2) is 4.68 Å². The molecule has 0 radical (unpaired) electrons. The fraction of sp³-hybridized carbons (Fsp3) is 0.500. The number of nitrogens with zero attached hydrogens (tertiary/aromatic N) is 5. The second-order valence-electron chi connectivity index (χ2n) is 10.0. The van der Waals surface area contributed by atoms with Crippen LogP contribution in [0, 0.1) is 5.92 Å². The second kappa shape index (κ2) is 8.26. The summed E-state index contributed by atoms with van der Waals surface area (Å²) in [5, 5.41) is 13.6. The van der Waals surface area contributed by atoms with Crippen LogP contribution in [0.3, 0.4) is 0 Å². The van der Waals surface area contributed by atoms with Gasteiger partial charge in [0.05, 0.1) is 11.9 Å². The summed E-state index contributed by atoms with van der Waals surface area (Å²) in [6, 6.07) is 5.38. The van der Waals surface area contributed by atoms with Gasteiger partial charge < -0.3 is 10.2 Å². The van der Waals surface area contributed by atoms with Gasteiger partial charge in [-0.1, -0.05) is 12.1 Å². The minimum atomic E-state index is -0.661. The largest absolute Gasteiger partial charge is 0.346 e. The lowest BCUT2D eigenvalue weighted by molar-refractivity contribution is -0.136. The molecule has 4 aliphatic rings. The molecule has 0 bridgehead atoms. The van der Waals surface area contributed by atoms with Gasteiger partial charge in [-0.15, -0.1) is 5.10 Å². The Morgan fingerprint density at radius 1 is 1.14 bits per heavy atom. The minimum absolute atomic E-state index is 0.0949. The fourth-order valence-electron chi connectivity index (χ4n) is 5.37. The van der Waals surface area contributed by atoms with E-state index >= 15 is 0 Å². The Bertz CT molecular complexity index is 1240. The number of benzene rings is 1. The molecule has 0 spiro atoms. The summed E-state index contributed by atoms with van der Waals surface area (Å²) in [6.07, 6.45) is 4.61. The van der Waals surface area contributed by atoms with Gasteiger partial charge in [0.15, 0.2) is 5.69 Å². The normalized spacial score (nSPS) is 26.7. The lowest BCUT2D eigenvalue weighted by Crippen LogP contribution is -2.52. The SMILES string of the molecule is CC1CN(C2CC2)CC1NC(=O)c1cn(-c2ccc3c(c2)CN(C2CCC(=O)NC2=O)C3=O)nn1. The number of imide groups is 1. The van der Waals surface area contributed by atoms with E-state index in [1.165, 1.54) is 22.4 Å². The number of aromatic nitrogens is 3. The van der Waals surface area contributed by atoms with Crippen molar-refractivity contribution in [2.24, 2.45) is 5.92 Å². The van der Waals surface area contributed by atoms with Crippen LogP contribution in [0.5, 0.6) is 0 Å². The van der Waals surface area contributed by atoms with Gasteiger partial charge in [-0.2, -0.15) is 0 Å². The lowest BCUT2D eigenvalue weighted by Gasteiger charge is -2.29. The third-order valence-electron chi connectivity index (χ3n) is 7.52. The Balaban J connectivity index is 1.14. The Morgan fingerprint density at radius 2 is 1.97 bits per heavy atom. The van der Waals surface area contributed by atoms with E-state index in [0.717, 1.165) is 18.7 Å². The molecule has 35 heavy (non-hydrogen) atoms. The van der Waals surface area contributed by atoms with E-state index in [1.54, 1.807) is 18.3 Å². The van der Waals surface area contributed by atoms with Crippen LogP contribution in [-0.2, 0) is 16.1 Å². The summed E-state index contributed by atoms with van der Waals surface area (Å²) in [4.78, 5) is 53.4. The number of carbonyl (C=O) groups excluding carboxylic acids is 4. The molecule has 4 heterocycles.